The molecule has 3 aromatic rings. The van der Waals surface area contributed by atoms with Crippen molar-refractivity contribution >= 4 is 21.2 Å². The maximum Gasteiger partial charge on any atom is 0.330 e. The lowest BCUT2D eigenvalue weighted by molar-refractivity contribution is 0.265. The second kappa shape index (κ2) is 6.82. The minimum absolute atomic E-state index is 0.0652. The van der Waals surface area contributed by atoms with Gasteiger partial charge in [-0.1, -0.05) is 0 Å². The van der Waals surface area contributed by atoms with Crippen molar-refractivity contribution in [3.8, 4) is 0 Å². The van der Waals surface area contributed by atoms with Crippen molar-refractivity contribution in [2.75, 3.05) is 13.1 Å². The molecular weight excluding hydrogens is 383 g/mol. The lowest BCUT2D eigenvalue weighted by Crippen LogP contribution is -2.42. The van der Waals surface area contributed by atoms with Crippen molar-refractivity contribution in [1.29, 1.82) is 0 Å². The molecule has 0 amide bonds. The third-order valence-electron chi connectivity index (χ3n) is 5.34. The van der Waals surface area contributed by atoms with Gasteiger partial charge in [-0.05, 0) is 55.7 Å². The van der Waals surface area contributed by atoms with Crippen molar-refractivity contribution in [1.82, 2.24) is 18.4 Å². The van der Waals surface area contributed by atoms with E-state index < -0.39 is 15.8 Å². The van der Waals surface area contributed by atoms with Gasteiger partial charge in [0.15, 0.2) is 5.65 Å². The van der Waals surface area contributed by atoms with E-state index in [-0.39, 0.29) is 28.7 Å². The number of aryl methyl sites for hydroxylation is 2. The fraction of sp³-hybridized carbons (Fsp3) is 0.368. The summed E-state index contributed by atoms with van der Waals surface area (Å²) in [4.78, 5) is 17.2. The summed E-state index contributed by atoms with van der Waals surface area (Å²) in [5, 5.41) is 0. The van der Waals surface area contributed by atoms with Crippen LogP contribution in [0.4, 0.5) is 4.39 Å². The van der Waals surface area contributed by atoms with Crippen LogP contribution in [0.1, 0.15) is 24.4 Å². The van der Waals surface area contributed by atoms with E-state index in [0.29, 0.717) is 30.6 Å². The third kappa shape index (κ3) is 2.94. The van der Waals surface area contributed by atoms with Gasteiger partial charge in [0.25, 0.3) is 0 Å². The van der Waals surface area contributed by atoms with Crippen LogP contribution in [-0.4, -0.2) is 39.9 Å². The lowest BCUT2D eigenvalue weighted by atomic mass is 10.1. The highest BCUT2D eigenvalue weighted by atomic mass is 32.2. The van der Waals surface area contributed by atoms with Crippen LogP contribution in [0.3, 0.4) is 0 Å². The van der Waals surface area contributed by atoms with Gasteiger partial charge in [-0.15, -0.1) is 0 Å². The molecule has 1 aliphatic rings. The molecule has 4 rings (SSSR count). The van der Waals surface area contributed by atoms with Crippen molar-refractivity contribution in [2.24, 2.45) is 7.05 Å². The van der Waals surface area contributed by atoms with E-state index in [1.54, 1.807) is 23.9 Å². The Kier molecular flexibility index (Phi) is 4.59. The smallest absolute Gasteiger partial charge is 0.293 e. The van der Waals surface area contributed by atoms with Crippen LogP contribution in [0.5, 0.6) is 0 Å². The van der Waals surface area contributed by atoms with Gasteiger partial charge in [0.05, 0.1) is 16.5 Å². The first-order valence-corrected chi connectivity index (χ1v) is 10.5. The molecule has 28 heavy (non-hydrogen) atoms. The minimum Gasteiger partial charge on any atom is -0.293 e. The van der Waals surface area contributed by atoms with Crippen LogP contribution in [0, 0.1) is 12.7 Å². The number of fused-ring (bicyclic) bond motifs is 1. The molecule has 0 aliphatic carbocycles. The van der Waals surface area contributed by atoms with Gasteiger partial charge in [-0.3, -0.25) is 9.13 Å². The summed E-state index contributed by atoms with van der Waals surface area (Å²) in [6.07, 6.45) is 2.93. The highest BCUT2D eigenvalue weighted by Crippen LogP contribution is 2.28. The van der Waals surface area contributed by atoms with E-state index in [0.717, 1.165) is 0 Å². The number of imidazole rings is 1. The number of sulfonamides is 1. The maximum atomic E-state index is 13.6. The van der Waals surface area contributed by atoms with E-state index in [4.69, 9.17) is 0 Å². The molecule has 1 fully saturated rings. The molecule has 0 bridgehead atoms. The van der Waals surface area contributed by atoms with Gasteiger partial charge in [0.2, 0.25) is 10.0 Å². The number of benzene rings is 1. The Balaban J connectivity index is 1.72. The zero-order valence-corrected chi connectivity index (χ0v) is 16.5. The molecule has 0 N–H and O–H groups in total. The standard InChI is InChI=1S/C19H21FN4O3S/c1-13-11-15(7-8-16(13)20)28(26,27)23-10-4-5-14(12-23)24-18-17(6-3-9-21-18)22(2)19(24)25/h3,6-9,11,14H,4-5,10,12H2,1-2H3/t14-/m0/s1. The molecule has 0 unspecified atom stereocenters. The molecule has 1 aliphatic heterocycles. The van der Waals surface area contributed by atoms with Crippen molar-refractivity contribution in [3.05, 3.63) is 58.4 Å². The largest absolute Gasteiger partial charge is 0.330 e. The summed E-state index contributed by atoms with van der Waals surface area (Å²) in [6.45, 7) is 2.07. The average Bonchev–Trinajstić information content (AvgIpc) is 2.95. The van der Waals surface area contributed by atoms with Gasteiger partial charge in [0.1, 0.15) is 5.82 Å². The van der Waals surface area contributed by atoms with Crippen LogP contribution >= 0.6 is 0 Å². The molecule has 1 saturated heterocycles. The Morgan fingerprint density at radius 2 is 2.04 bits per heavy atom. The normalized spacial score (nSPS) is 18.6. The molecular formula is C19H21FN4O3S. The van der Waals surface area contributed by atoms with Crippen LogP contribution in [0.15, 0.2) is 46.2 Å². The summed E-state index contributed by atoms with van der Waals surface area (Å²) in [7, 11) is -2.10. The van der Waals surface area contributed by atoms with Gasteiger partial charge < -0.3 is 0 Å². The molecule has 0 saturated carbocycles. The lowest BCUT2D eigenvalue weighted by Gasteiger charge is -2.32. The Morgan fingerprint density at radius 3 is 2.79 bits per heavy atom. The number of hydrogen-bond acceptors (Lipinski definition) is 4. The molecule has 1 atom stereocenters. The first-order chi connectivity index (χ1) is 13.3. The molecule has 0 radical (unpaired) electrons. The number of rotatable bonds is 3. The number of hydrogen-bond donors (Lipinski definition) is 0. The molecule has 2 aromatic heterocycles. The number of piperidine rings is 1. The number of pyridine rings is 1. The second-order valence-corrected chi connectivity index (χ2v) is 9.07. The fourth-order valence-corrected chi connectivity index (χ4v) is 5.40. The Hall–Kier alpha value is -2.52. The SMILES string of the molecule is Cc1cc(S(=O)(=O)N2CCC[C@H](n3c(=O)n(C)c4cccnc43)C2)ccc1F. The summed E-state index contributed by atoms with van der Waals surface area (Å²) < 4.78 is 44.2. The van der Waals surface area contributed by atoms with E-state index in [9.17, 15) is 17.6 Å². The van der Waals surface area contributed by atoms with Gasteiger partial charge >= 0.3 is 5.69 Å². The Labute approximate surface area is 162 Å². The highest BCUT2D eigenvalue weighted by Gasteiger charge is 2.33. The topological polar surface area (TPSA) is 77.2 Å². The molecule has 0 spiro atoms. The number of aromatic nitrogens is 3. The summed E-state index contributed by atoms with van der Waals surface area (Å²) in [5.74, 6) is -0.441. The summed E-state index contributed by atoms with van der Waals surface area (Å²) >= 11 is 0. The zero-order chi connectivity index (χ0) is 20.1. The van der Waals surface area contributed by atoms with Crippen molar-refractivity contribution in [2.45, 2.75) is 30.7 Å². The van der Waals surface area contributed by atoms with Crippen LogP contribution in [0.2, 0.25) is 0 Å². The zero-order valence-electron chi connectivity index (χ0n) is 15.7. The monoisotopic (exact) mass is 404 g/mol. The molecule has 7 nitrogen and oxygen atoms in total. The van der Waals surface area contributed by atoms with Gasteiger partial charge in [-0.2, -0.15) is 4.31 Å². The van der Waals surface area contributed by atoms with E-state index in [2.05, 4.69) is 4.98 Å². The summed E-state index contributed by atoms with van der Waals surface area (Å²) in [6, 6.07) is 7.07. The third-order valence-corrected chi connectivity index (χ3v) is 7.20. The van der Waals surface area contributed by atoms with Crippen LogP contribution < -0.4 is 5.69 Å². The van der Waals surface area contributed by atoms with Crippen molar-refractivity contribution < 1.29 is 12.8 Å². The maximum absolute atomic E-state index is 13.6. The number of halogens is 1. The van der Waals surface area contributed by atoms with Crippen LogP contribution in [0.25, 0.3) is 11.2 Å². The number of nitrogens with zero attached hydrogens (tertiary/aromatic N) is 4. The summed E-state index contributed by atoms with van der Waals surface area (Å²) in [5.41, 5.74) is 1.33. The van der Waals surface area contributed by atoms with Crippen molar-refractivity contribution in [3.63, 3.8) is 0 Å². The molecule has 3 heterocycles. The van der Waals surface area contributed by atoms with E-state index >= 15 is 0 Å². The van der Waals surface area contributed by atoms with E-state index in [1.807, 2.05) is 6.07 Å². The molecule has 9 heteroatoms. The average molecular weight is 404 g/mol. The quantitative estimate of drug-likeness (QED) is 0.671. The Morgan fingerprint density at radius 1 is 1.25 bits per heavy atom. The van der Waals surface area contributed by atoms with Gasteiger partial charge in [0, 0.05) is 26.3 Å². The fourth-order valence-electron chi connectivity index (χ4n) is 3.80. The Bertz CT molecular complexity index is 1220. The first kappa shape index (κ1) is 18.8. The minimum atomic E-state index is -3.78. The second-order valence-electron chi connectivity index (χ2n) is 7.13. The highest BCUT2D eigenvalue weighted by molar-refractivity contribution is 7.89. The molecule has 148 valence electrons. The molecule has 1 aromatic carbocycles. The first-order valence-electron chi connectivity index (χ1n) is 9.09. The predicted molar refractivity (Wildman–Crippen MR) is 103 cm³/mol. The van der Waals surface area contributed by atoms with Gasteiger partial charge in [-0.25, -0.2) is 22.6 Å². The van der Waals surface area contributed by atoms with E-state index in [1.165, 1.54) is 34.0 Å². The predicted octanol–water partition coefficient (Wildman–Crippen LogP) is 2.21. The van der Waals surface area contributed by atoms with Crippen LogP contribution in [-0.2, 0) is 17.1 Å².